The fourth-order valence-electron chi connectivity index (χ4n) is 5.18. The average Bonchev–Trinajstić information content (AvgIpc) is 2.87. The zero-order valence-corrected chi connectivity index (χ0v) is 24.7. The molecule has 1 fully saturated rings. The Kier molecular flexibility index (Phi) is 10.6. The van der Waals surface area contributed by atoms with Crippen LogP contribution in [0.2, 0.25) is 0 Å². The highest BCUT2D eigenvalue weighted by molar-refractivity contribution is 5.92. The molecule has 218 valence electrons. The van der Waals surface area contributed by atoms with Gasteiger partial charge in [-0.3, -0.25) is 9.59 Å². The van der Waals surface area contributed by atoms with Crippen molar-refractivity contribution in [2.75, 3.05) is 0 Å². The maximum absolute atomic E-state index is 14.4. The normalized spacial score (nSPS) is 15.7. The second-order valence-corrected chi connectivity index (χ2v) is 12.1. The Labute approximate surface area is 238 Å². The molecule has 1 aliphatic rings. The largest absolute Gasteiger partial charge is 0.508 e. The summed E-state index contributed by atoms with van der Waals surface area (Å²) in [6.45, 7) is 11.0. The van der Waals surface area contributed by atoms with E-state index in [1.54, 1.807) is 37.8 Å². The van der Waals surface area contributed by atoms with E-state index in [2.05, 4.69) is 10.6 Å². The SMILES string of the molecule is Cc1cccc(C(C(=O)NC2CCCCC2)N(C(=O)C(Cc2ccc(O)cc2)NC(=O)OC(C)(C)C)C(C)C)c1. The van der Waals surface area contributed by atoms with Gasteiger partial charge in [-0.1, -0.05) is 61.2 Å². The Morgan fingerprint density at radius 2 is 1.68 bits per heavy atom. The first-order valence-electron chi connectivity index (χ1n) is 14.3. The zero-order chi connectivity index (χ0) is 29.4. The standard InChI is InChI=1S/C32H45N3O5/c1-21(2)35(28(24-12-10-11-22(3)19-24)29(37)33-25-13-8-7-9-14-25)30(38)27(34-31(39)40-32(4,5)6)20-23-15-17-26(36)18-16-23/h10-12,15-19,21,25,27-28,36H,7-9,13-14,20H2,1-6H3,(H,33,37)(H,34,39). The molecule has 8 nitrogen and oxygen atoms in total. The van der Waals surface area contributed by atoms with E-state index < -0.39 is 23.8 Å². The second kappa shape index (κ2) is 13.7. The molecule has 1 saturated carbocycles. The van der Waals surface area contributed by atoms with Gasteiger partial charge in [-0.2, -0.15) is 0 Å². The van der Waals surface area contributed by atoms with E-state index in [0.29, 0.717) is 0 Å². The Bertz CT molecular complexity index is 1150. The molecular formula is C32H45N3O5. The van der Waals surface area contributed by atoms with Crippen molar-refractivity contribution >= 4 is 17.9 Å². The lowest BCUT2D eigenvalue weighted by Crippen LogP contribution is -2.56. The lowest BCUT2D eigenvalue weighted by molar-refractivity contribution is -0.145. The first-order valence-corrected chi connectivity index (χ1v) is 14.3. The van der Waals surface area contributed by atoms with Crippen molar-refractivity contribution < 1.29 is 24.2 Å². The van der Waals surface area contributed by atoms with E-state index in [9.17, 15) is 19.5 Å². The van der Waals surface area contributed by atoms with Crippen LogP contribution in [0.3, 0.4) is 0 Å². The number of phenols is 1. The Balaban J connectivity index is 2.00. The third kappa shape index (κ3) is 9.00. The lowest BCUT2D eigenvalue weighted by Gasteiger charge is -2.38. The molecule has 0 aromatic heterocycles. The van der Waals surface area contributed by atoms with Gasteiger partial charge in [0, 0.05) is 18.5 Å². The molecule has 40 heavy (non-hydrogen) atoms. The van der Waals surface area contributed by atoms with Crippen LogP contribution in [0.15, 0.2) is 48.5 Å². The van der Waals surface area contributed by atoms with Crippen molar-refractivity contribution in [2.45, 2.75) is 110 Å². The Morgan fingerprint density at radius 3 is 2.25 bits per heavy atom. The fraction of sp³-hybridized carbons (Fsp3) is 0.531. The summed E-state index contributed by atoms with van der Waals surface area (Å²) in [4.78, 5) is 42.8. The van der Waals surface area contributed by atoms with Gasteiger partial charge in [0.05, 0.1) is 0 Å². The number of carbonyl (C=O) groups excluding carboxylic acids is 3. The average molecular weight is 552 g/mol. The number of ether oxygens (including phenoxy) is 1. The van der Waals surface area contributed by atoms with E-state index in [1.165, 1.54) is 18.6 Å². The molecule has 0 bridgehead atoms. The van der Waals surface area contributed by atoms with Crippen LogP contribution in [0.4, 0.5) is 4.79 Å². The smallest absolute Gasteiger partial charge is 0.408 e. The highest BCUT2D eigenvalue weighted by Crippen LogP contribution is 2.28. The first-order chi connectivity index (χ1) is 18.8. The number of aryl methyl sites for hydroxylation is 1. The molecule has 0 saturated heterocycles. The molecule has 0 spiro atoms. The van der Waals surface area contributed by atoms with Crippen molar-refractivity contribution in [3.05, 3.63) is 65.2 Å². The van der Waals surface area contributed by atoms with Gasteiger partial charge in [0.25, 0.3) is 0 Å². The number of amides is 3. The van der Waals surface area contributed by atoms with Gasteiger partial charge in [-0.25, -0.2) is 4.79 Å². The number of hydrogen-bond donors (Lipinski definition) is 3. The van der Waals surface area contributed by atoms with Crippen molar-refractivity contribution in [3.63, 3.8) is 0 Å². The molecule has 3 N–H and O–H groups in total. The maximum Gasteiger partial charge on any atom is 0.408 e. The molecule has 3 amide bonds. The summed E-state index contributed by atoms with van der Waals surface area (Å²) in [5, 5.41) is 15.7. The molecule has 2 atom stereocenters. The molecule has 1 aliphatic carbocycles. The van der Waals surface area contributed by atoms with Crippen LogP contribution >= 0.6 is 0 Å². The predicted molar refractivity (Wildman–Crippen MR) is 156 cm³/mol. The number of aromatic hydroxyl groups is 1. The summed E-state index contributed by atoms with van der Waals surface area (Å²) in [6, 6.07) is 12.0. The number of phenolic OH excluding ortho intramolecular Hbond substituents is 1. The quantitative estimate of drug-likeness (QED) is 0.378. The minimum Gasteiger partial charge on any atom is -0.508 e. The summed E-state index contributed by atoms with van der Waals surface area (Å²) < 4.78 is 5.48. The van der Waals surface area contributed by atoms with Crippen LogP contribution in [0.25, 0.3) is 0 Å². The minimum atomic E-state index is -1.00. The van der Waals surface area contributed by atoms with Gasteiger partial charge < -0.3 is 25.4 Å². The van der Waals surface area contributed by atoms with Gasteiger partial charge in [0.15, 0.2) is 0 Å². The summed E-state index contributed by atoms with van der Waals surface area (Å²) in [7, 11) is 0. The maximum atomic E-state index is 14.4. The van der Waals surface area contributed by atoms with Crippen LogP contribution in [0.5, 0.6) is 5.75 Å². The van der Waals surface area contributed by atoms with Gasteiger partial charge in [-0.05, 0) is 77.6 Å². The van der Waals surface area contributed by atoms with E-state index in [-0.39, 0.29) is 36.1 Å². The number of nitrogens with zero attached hydrogens (tertiary/aromatic N) is 1. The van der Waals surface area contributed by atoms with Crippen LogP contribution in [0.1, 0.15) is 89.5 Å². The van der Waals surface area contributed by atoms with Crippen molar-refractivity contribution in [1.29, 1.82) is 0 Å². The lowest BCUT2D eigenvalue weighted by atomic mass is 9.94. The summed E-state index contributed by atoms with van der Waals surface area (Å²) in [6.07, 6.45) is 4.60. The Morgan fingerprint density at radius 1 is 1.02 bits per heavy atom. The first kappa shape index (κ1) is 31.0. The monoisotopic (exact) mass is 551 g/mol. The number of benzene rings is 2. The van der Waals surface area contributed by atoms with Crippen LogP contribution in [-0.4, -0.2) is 51.6 Å². The Hall–Kier alpha value is -3.55. The molecule has 2 aromatic carbocycles. The zero-order valence-electron chi connectivity index (χ0n) is 24.7. The van der Waals surface area contributed by atoms with Gasteiger partial charge in [-0.15, -0.1) is 0 Å². The number of alkyl carbamates (subject to hydrolysis) is 1. The van der Waals surface area contributed by atoms with Gasteiger partial charge >= 0.3 is 6.09 Å². The third-order valence-electron chi connectivity index (χ3n) is 7.01. The predicted octanol–water partition coefficient (Wildman–Crippen LogP) is 5.56. The molecule has 8 heteroatoms. The number of carbonyl (C=O) groups is 3. The molecule has 0 aliphatic heterocycles. The summed E-state index contributed by atoms with van der Waals surface area (Å²) >= 11 is 0. The number of hydrogen-bond acceptors (Lipinski definition) is 5. The fourth-order valence-corrected chi connectivity index (χ4v) is 5.18. The van der Waals surface area contributed by atoms with Crippen LogP contribution < -0.4 is 10.6 Å². The highest BCUT2D eigenvalue weighted by atomic mass is 16.6. The second-order valence-electron chi connectivity index (χ2n) is 12.1. The van der Waals surface area contributed by atoms with Crippen LogP contribution in [0, 0.1) is 6.92 Å². The molecule has 2 unspecified atom stereocenters. The minimum absolute atomic E-state index is 0.0744. The van der Waals surface area contributed by atoms with E-state index in [4.69, 9.17) is 4.74 Å². The highest BCUT2D eigenvalue weighted by Gasteiger charge is 2.38. The summed E-state index contributed by atoms with van der Waals surface area (Å²) in [5.74, 6) is -0.506. The number of rotatable bonds is 9. The molecule has 3 rings (SSSR count). The van der Waals surface area contributed by atoms with Gasteiger partial charge in [0.2, 0.25) is 11.8 Å². The molecule has 0 heterocycles. The van der Waals surface area contributed by atoms with Crippen LogP contribution in [-0.2, 0) is 20.7 Å². The van der Waals surface area contributed by atoms with Crippen molar-refractivity contribution in [2.24, 2.45) is 0 Å². The van der Waals surface area contributed by atoms with Crippen molar-refractivity contribution in [3.8, 4) is 5.75 Å². The topological polar surface area (TPSA) is 108 Å². The van der Waals surface area contributed by atoms with E-state index in [1.807, 2.05) is 45.0 Å². The van der Waals surface area contributed by atoms with E-state index in [0.717, 1.165) is 42.4 Å². The third-order valence-corrected chi connectivity index (χ3v) is 7.01. The van der Waals surface area contributed by atoms with Crippen molar-refractivity contribution in [1.82, 2.24) is 15.5 Å². The molecule has 2 aromatic rings. The molecule has 0 radical (unpaired) electrons. The number of nitrogens with one attached hydrogen (secondary N) is 2. The molecular weight excluding hydrogens is 506 g/mol. The van der Waals surface area contributed by atoms with E-state index >= 15 is 0 Å². The van der Waals surface area contributed by atoms with Gasteiger partial charge in [0.1, 0.15) is 23.4 Å². The summed E-state index contributed by atoms with van der Waals surface area (Å²) in [5.41, 5.74) is 1.69.